The molecule has 1 amide bonds. The third-order valence-electron chi connectivity index (χ3n) is 3.39. The molecule has 6 nitrogen and oxygen atoms in total. The van der Waals surface area contributed by atoms with E-state index in [0.29, 0.717) is 44.2 Å². The smallest absolute Gasteiger partial charge is 0.227 e. The van der Waals surface area contributed by atoms with Gasteiger partial charge in [0.15, 0.2) is 5.82 Å². The van der Waals surface area contributed by atoms with Gasteiger partial charge in [0, 0.05) is 32.5 Å². The second kappa shape index (κ2) is 8.29. The summed E-state index contributed by atoms with van der Waals surface area (Å²) in [5.74, 6) is 1.16. The molecule has 0 fully saturated rings. The van der Waals surface area contributed by atoms with E-state index >= 15 is 0 Å². The van der Waals surface area contributed by atoms with Gasteiger partial charge in [-0.15, -0.1) is 0 Å². The number of nitrogens with zero attached hydrogens (tertiary/aromatic N) is 3. The summed E-state index contributed by atoms with van der Waals surface area (Å²) in [6.45, 7) is 3.45. The van der Waals surface area contributed by atoms with Gasteiger partial charge in [-0.3, -0.25) is 4.79 Å². The maximum absolute atomic E-state index is 12.3. The third kappa shape index (κ3) is 4.96. The van der Waals surface area contributed by atoms with Crippen molar-refractivity contribution in [1.82, 2.24) is 15.0 Å². The van der Waals surface area contributed by atoms with E-state index in [1.54, 1.807) is 11.8 Å². The Morgan fingerprint density at radius 2 is 2.00 bits per heavy atom. The minimum absolute atomic E-state index is 0.0669. The summed E-state index contributed by atoms with van der Waals surface area (Å²) in [5, 5.41) is 3.72. The lowest BCUT2D eigenvalue weighted by molar-refractivity contribution is -0.131. The highest BCUT2D eigenvalue weighted by molar-refractivity contribution is 5.76. The van der Waals surface area contributed by atoms with Crippen LogP contribution in [0.2, 0.25) is 0 Å². The van der Waals surface area contributed by atoms with Crippen molar-refractivity contribution in [3.05, 3.63) is 47.6 Å². The zero-order valence-electron chi connectivity index (χ0n) is 12.9. The Labute approximate surface area is 130 Å². The van der Waals surface area contributed by atoms with Gasteiger partial charge < -0.3 is 15.2 Å². The van der Waals surface area contributed by atoms with Crippen LogP contribution >= 0.6 is 0 Å². The van der Waals surface area contributed by atoms with Gasteiger partial charge in [-0.25, -0.2) is 0 Å². The molecule has 118 valence electrons. The number of carbonyl (C=O) groups is 1. The first-order valence-corrected chi connectivity index (χ1v) is 7.50. The fourth-order valence-electron chi connectivity index (χ4n) is 2.24. The molecule has 1 heterocycles. The Hall–Kier alpha value is -2.21. The summed E-state index contributed by atoms with van der Waals surface area (Å²) in [5.41, 5.74) is 6.82. The summed E-state index contributed by atoms with van der Waals surface area (Å²) in [6, 6.07) is 10.1. The molecule has 0 aliphatic heterocycles. The molecule has 0 unspecified atom stereocenters. The van der Waals surface area contributed by atoms with E-state index in [2.05, 4.69) is 22.3 Å². The fraction of sp³-hybridized carbons (Fsp3) is 0.438. The van der Waals surface area contributed by atoms with Gasteiger partial charge in [0.25, 0.3) is 0 Å². The van der Waals surface area contributed by atoms with E-state index in [-0.39, 0.29) is 5.91 Å². The second-order valence-electron chi connectivity index (χ2n) is 5.14. The van der Waals surface area contributed by atoms with Crippen LogP contribution in [0.15, 0.2) is 34.9 Å². The largest absolute Gasteiger partial charge is 0.341 e. The molecule has 0 spiro atoms. The number of benzene rings is 1. The zero-order chi connectivity index (χ0) is 15.8. The zero-order valence-corrected chi connectivity index (χ0v) is 12.9. The Bertz CT molecular complexity index is 583. The van der Waals surface area contributed by atoms with Crippen molar-refractivity contribution in [3.63, 3.8) is 0 Å². The van der Waals surface area contributed by atoms with Crippen molar-refractivity contribution in [2.75, 3.05) is 19.6 Å². The van der Waals surface area contributed by atoms with Crippen molar-refractivity contribution in [1.29, 1.82) is 0 Å². The van der Waals surface area contributed by atoms with Crippen LogP contribution in [0.25, 0.3) is 0 Å². The molecule has 2 N–H and O–H groups in total. The highest BCUT2D eigenvalue weighted by Crippen LogP contribution is 2.06. The van der Waals surface area contributed by atoms with Crippen LogP contribution in [0.3, 0.4) is 0 Å². The van der Waals surface area contributed by atoms with Crippen LogP contribution in [-0.4, -0.2) is 40.6 Å². The number of hydrogen-bond acceptors (Lipinski definition) is 5. The van der Waals surface area contributed by atoms with Crippen LogP contribution in [0, 0.1) is 6.92 Å². The monoisotopic (exact) mass is 302 g/mol. The Morgan fingerprint density at radius 1 is 1.23 bits per heavy atom. The molecule has 0 bridgehead atoms. The van der Waals surface area contributed by atoms with E-state index < -0.39 is 0 Å². The van der Waals surface area contributed by atoms with Gasteiger partial charge in [-0.1, -0.05) is 35.5 Å². The average Bonchev–Trinajstić information content (AvgIpc) is 2.95. The van der Waals surface area contributed by atoms with E-state index in [1.165, 1.54) is 5.56 Å². The van der Waals surface area contributed by atoms with Crippen molar-refractivity contribution in [2.24, 2.45) is 5.73 Å². The molecule has 0 aliphatic carbocycles. The lowest BCUT2D eigenvalue weighted by atomic mass is 10.1. The van der Waals surface area contributed by atoms with E-state index in [9.17, 15) is 4.79 Å². The number of amides is 1. The van der Waals surface area contributed by atoms with E-state index in [1.807, 2.05) is 18.2 Å². The maximum Gasteiger partial charge on any atom is 0.227 e. The molecule has 0 atom stereocenters. The van der Waals surface area contributed by atoms with Crippen molar-refractivity contribution in [3.8, 4) is 0 Å². The van der Waals surface area contributed by atoms with Gasteiger partial charge >= 0.3 is 0 Å². The molecule has 6 heteroatoms. The molecule has 22 heavy (non-hydrogen) atoms. The van der Waals surface area contributed by atoms with Gasteiger partial charge in [0.05, 0.1) is 0 Å². The van der Waals surface area contributed by atoms with Crippen LogP contribution < -0.4 is 5.73 Å². The Morgan fingerprint density at radius 3 is 2.64 bits per heavy atom. The SMILES string of the molecule is Cc1noc(CCC(=O)N(CCN)CCc2ccccc2)n1. The van der Waals surface area contributed by atoms with E-state index in [0.717, 1.165) is 6.42 Å². The molecule has 0 saturated carbocycles. The topological polar surface area (TPSA) is 85.2 Å². The number of aromatic nitrogens is 2. The minimum Gasteiger partial charge on any atom is -0.341 e. The molecule has 0 saturated heterocycles. The van der Waals surface area contributed by atoms with Gasteiger partial charge in [0.1, 0.15) is 0 Å². The predicted molar refractivity (Wildman–Crippen MR) is 83.1 cm³/mol. The average molecular weight is 302 g/mol. The van der Waals surface area contributed by atoms with Crippen LogP contribution in [0.4, 0.5) is 0 Å². The first-order valence-electron chi connectivity index (χ1n) is 7.50. The first kappa shape index (κ1) is 16.2. The maximum atomic E-state index is 12.3. The fourth-order valence-corrected chi connectivity index (χ4v) is 2.24. The second-order valence-corrected chi connectivity index (χ2v) is 5.14. The number of rotatable bonds is 8. The lowest BCUT2D eigenvalue weighted by Crippen LogP contribution is -2.37. The molecule has 2 rings (SSSR count). The number of hydrogen-bond donors (Lipinski definition) is 1. The molecule has 2 aromatic rings. The first-order chi connectivity index (χ1) is 10.7. The molecule has 0 aliphatic rings. The van der Waals surface area contributed by atoms with Crippen LogP contribution in [0.1, 0.15) is 23.7 Å². The van der Waals surface area contributed by atoms with Gasteiger partial charge in [0.2, 0.25) is 11.8 Å². The normalized spacial score (nSPS) is 10.6. The van der Waals surface area contributed by atoms with Crippen LogP contribution in [-0.2, 0) is 17.6 Å². The van der Waals surface area contributed by atoms with Crippen molar-refractivity contribution < 1.29 is 9.32 Å². The minimum atomic E-state index is 0.0669. The molecular formula is C16H22N4O2. The predicted octanol–water partition coefficient (Wildman–Crippen LogP) is 1.34. The van der Waals surface area contributed by atoms with E-state index in [4.69, 9.17) is 10.3 Å². The highest BCUT2D eigenvalue weighted by atomic mass is 16.5. The number of aryl methyl sites for hydroxylation is 2. The Kier molecular flexibility index (Phi) is 6.09. The standard InChI is InChI=1S/C16H22N4O2/c1-13-18-15(22-19-13)7-8-16(21)20(12-10-17)11-9-14-5-3-2-4-6-14/h2-6H,7-12,17H2,1H3. The lowest BCUT2D eigenvalue weighted by Gasteiger charge is -2.22. The molecular weight excluding hydrogens is 280 g/mol. The number of nitrogens with two attached hydrogens (primary N) is 1. The summed E-state index contributed by atoms with van der Waals surface area (Å²) in [7, 11) is 0. The summed E-state index contributed by atoms with van der Waals surface area (Å²) < 4.78 is 5.03. The molecule has 1 aromatic heterocycles. The van der Waals surface area contributed by atoms with Crippen LogP contribution in [0.5, 0.6) is 0 Å². The Balaban J connectivity index is 1.84. The summed E-state index contributed by atoms with van der Waals surface area (Å²) >= 11 is 0. The van der Waals surface area contributed by atoms with Crippen molar-refractivity contribution >= 4 is 5.91 Å². The summed E-state index contributed by atoms with van der Waals surface area (Å²) in [4.78, 5) is 18.2. The van der Waals surface area contributed by atoms with Gasteiger partial charge in [-0.2, -0.15) is 4.98 Å². The number of carbonyl (C=O) groups excluding carboxylic acids is 1. The third-order valence-corrected chi connectivity index (χ3v) is 3.39. The molecule has 0 radical (unpaired) electrons. The van der Waals surface area contributed by atoms with Gasteiger partial charge in [-0.05, 0) is 18.9 Å². The highest BCUT2D eigenvalue weighted by Gasteiger charge is 2.14. The van der Waals surface area contributed by atoms with Crippen molar-refractivity contribution in [2.45, 2.75) is 26.2 Å². The molecule has 1 aromatic carbocycles. The summed E-state index contributed by atoms with van der Waals surface area (Å²) in [6.07, 6.45) is 1.65. The quantitative estimate of drug-likeness (QED) is 0.795.